The molecule has 0 fully saturated rings. The van der Waals surface area contributed by atoms with Gasteiger partial charge >= 0.3 is 0 Å². The number of hydrogen-bond acceptors (Lipinski definition) is 7. The number of aryl methyl sites for hydroxylation is 2. The van der Waals surface area contributed by atoms with Crippen LogP contribution < -0.4 is 9.47 Å². The minimum Gasteiger partial charge on any atom is -0.493 e. The Labute approximate surface area is 160 Å². The predicted octanol–water partition coefficient (Wildman–Crippen LogP) is 3.45. The zero-order valence-electron chi connectivity index (χ0n) is 15.6. The van der Waals surface area contributed by atoms with Gasteiger partial charge in [-0.1, -0.05) is 18.3 Å². The van der Waals surface area contributed by atoms with Crippen molar-refractivity contribution in [1.29, 1.82) is 0 Å². The molecule has 3 heterocycles. The molecule has 4 aromatic rings. The van der Waals surface area contributed by atoms with Crippen molar-refractivity contribution in [3.8, 4) is 33.6 Å². The van der Waals surface area contributed by atoms with E-state index >= 15 is 0 Å². The fourth-order valence-electron chi connectivity index (χ4n) is 2.98. The summed E-state index contributed by atoms with van der Waals surface area (Å²) in [5, 5.41) is 18.8. The first-order valence-corrected chi connectivity index (χ1v) is 9.45. The molecule has 27 heavy (non-hydrogen) atoms. The van der Waals surface area contributed by atoms with Crippen LogP contribution in [0.5, 0.6) is 11.5 Å². The van der Waals surface area contributed by atoms with Crippen LogP contribution in [0.15, 0.2) is 24.3 Å². The molecule has 0 amide bonds. The SMILES string of the molecule is CCCn1nc(C)cc1-c1nn2c(-c3ccc(OC)c(OC)c3)nnc2s1. The zero-order valence-corrected chi connectivity index (χ0v) is 16.4. The quantitative estimate of drug-likeness (QED) is 0.507. The normalized spacial score (nSPS) is 11.3. The molecule has 0 bridgehead atoms. The summed E-state index contributed by atoms with van der Waals surface area (Å²) in [5.41, 5.74) is 2.84. The summed E-state index contributed by atoms with van der Waals surface area (Å²) in [7, 11) is 3.22. The molecule has 0 aliphatic heterocycles. The number of methoxy groups -OCH3 is 2. The van der Waals surface area contributed by atoms with Gasteiger partial charge in [-0.05, 0) is 37.6 Å². The van der Waals surface area contributed by atoms with E-state index in [1.165, 1.54) is 11.3 Å². The van der Waals surface area contributed by atoms with Gasteiger partial charge in [-0.25, -0.2) is 0 Å². The van der Waals surface area contributed by atoms with Gasteiger partial charge in [-0.2, -0.15) is 14.7 Å². The Hall–Kier alpha value is -2.94. The summed E-state index contributed by atoms with van der Waals surface area (Å²) < 4.78 is 14.5. The number of aromatic nitrogens is 6. The highest BCUT2D eigenvalue weighted by atomic mass is 32.1. The van der Waals surface area contributed by atoms with E-state index in [1.807, 2.05) is 29.8 Å². The maximum Gasteiger partial charge on any atom is 0.235 e. The van der Waals surface area contributed by atoms with Gasteiger partial charge in [0.25, 0.3) is 0 Å². The molecule has 140 valence electrons. The molecule has 8 nitrogen and oxygen atoms in total. The number of nitrogens with zero attached hydrogens (tertiary/aromatic N) is 6. The van der Waals surface area contributed by atoms with Crippen LogP contribution in [0.2, 0.25) is 0 Å². The predicted molar refractivity (Wildman–Crippen MR) is 103 cm³/mol. The summed E-state index contributed by atoms with van der Waals surface area (Å²) in [6, 6.07) is 7.70. The minimum atomic E-state index is 0.638. The second-order valence-corrected chi connectivity index (χ2v) is 7.05. The molecule has 0 atom stereocenters. The minimum absolute atomic E-state index is 0.638. The van der Waals surface area contributed by atoms with Crippen LogP contribution in [0.4, 0.5) is 0 Å². The first-order valence-electron chi connectivity index (χ1n) is 8.64. The maximum absolute atomic E-state index is 5.40. The number of benzene rings is 1. The third-order valence-corrected chi connectivity index (χ3v) is 5.11. The van der Waals surface area contributed by atoms with Gasteiger partial charge in [0, 0.05) is 12.1 Å². The van der Waals surface area contributed by atoms with Crippen molar-refractivity contribution in [2.24, 2.45) is 0 Å². The summed E-state index contributed by atoms with van der Waals surface area (Å²) in [6.45, 7) is 4.98. The van der Waals surface area contributed by atoms with Crippen molar-refractivity contribution in [2.75, 3.05) is 14.2 Å². The van der Waals surface area contributed by atoms with E-state index in [0.29, 0.717) is 17.3 Å². The topological polar surface area (TPSA) is 79.4 Å². The second kappa shape index (κ2) is 6.99. The lowest BCUT2D eigenvalue weighted by Crippen LogP contribution is -2.01. The van der Waals surface area contributed by atoms with Gasteiger partial charge in [0.2, 0.25) is 4.96 Å². The van der Waals surface area contributed by atoms with Crippen LogP contribution >= 0.6 is 11.3 Å². The molecule has 0 unspecified atom stereocenters. The fraction of sp³-hybridized carbons (Fsp3) is 0.333. The maximum atomic E-state index is 5.40. The van der Waals surface area contributed by atoms with Gasteiger partial charge < -0.3 is 9.47 Å². The average Bonchev–Trinajstić information content (AvgIpc) is 3.35. The van der Waals surface area contributed by atoms with Gasteiger partial charge in [0.05, 0.1) is 25.6 Å². The van der Waals surface area contributed by atoms with Gasteiger partial charge in [-0.3, -0.25) is 4.68 Å². The standard InChI is InChI=1S/C18H20N6O2S/c1-5-8-23-13(9-11(2)21-23)17-22-24-16(19-20-18(24)27-17)12-6-7-14(25-3)15(10-12)26-4/h6-7,9-10H,5,8H2,1-4H3. The monoisotopic (exact) mass is 384 g/mol. The smallest absolute Gasteiger partial charge is 0.235 e. The second-order valence-electron chi connectivity index (χ2n) is 6.09. The van der Waals surface area contributed by atoms with Crippen LogP contribution in [-0.4, -0.2) is 43.8 Å². The highest BCUT2D eigenvalue weighted by Gasteiger charge is 2.18. The summed E-state index contributed by atoms with van der Waals surface area (Å²) in [4.78, 5) is 0.733. The van der Waals surface area contributed by atoms with Crippen LogP contribution in [-0.2, 0) is 6.54 Å². The molecule has 0 aliphatic carbocycles. The van der Waals surface area contributed by atoms with Gasteiger partial charge in [0.15, 0.2) is 22.3 Å². The lowest BCUT2D eigenvalue weighted by Gasteiger charge is -2.08. The van der Waals surface area contributed by atoms with E-state index in [2.05, 4.69) is 28.3 Å². The molecule has 0 saturated heterocycles. The van der Waals surface area contributed by atoms with Gasteiger partial charge in [-0.15, -0.1) is 10.2 Å². The first kappa shape index (κ1) is 17.5. The molecule has 0 spiro atoms. The molecular weight excluding hydrogens is 364 g/mol. The molecule has 0 N–H and O–H groups in total. The van der Waals surface area contributed by atoms with Crippen molar-refractivity contribution in [3.63, 3.8) is 0 Å². The lowest BCUT2D eigenvalue weighted by molar-refractivity contribution is 0.355. The van der Waals surface area contributed by atoms with E-state index in [1.54, 1.807) is 18.7 Å². The van der Waals surface area contributed by atoms with Crippen LogP contribution in [0, 0.1) is 6.92 Å². The largest absolute Gasteiger partial charge is 0.493 e. The number of rotatable bonds is 6. The number of hydrogen-bond donors (Lipinski definition) is 0. The van der Waals surface area contributed by atoms with E-state index in [9.17, 15) is 0 Å². The third kappa shape index (κ3) is 3.03. The Balaban J connectivity index is 1.79. The Morgan fingerprint density at radius 3 is 2.59 bits per heavy atom. The summed E-state index contributed by atoms with van der Waals surface area (Å²) in [6.07, 6.45) is 1.01. The Bertz CT molecular complexity index is 1100. The molecule has 1 aromatic carbocycles. The van der Waals surface area contributed by atoms with Crippen molar-refractivity contribution < 1.29 is 9.47 Å². The molecule has 0 radical (unpaired) electrons. The van der Waals surface area contributed by atoms with Crippen molar-refractivity contribution in [1.82, 2.24) is 29.6 Å². The number of fused-ring (bicyclic) bond motifs is 1. The first-order chi connectivity index (χ1) is 13.1. The van der Waals surface area contributed by atoms with Crippen molar-refractivity contribution >= 4 is 16.3 Å². The highest BCUT2D eigenvalue weighted by Crippen LogP contribution is 2.33. The zero-order chi connectivity index (χ0) is 19.0. The molecule has 4 rings (SSSR count). The van der Waals surface area contributed by atoms with Crippen molar-refractivity contribution in [3.05, 3.63) is 30.0 Å². The summed E-state index contributed by atoms with van der Waals surface area (Å²) in [5.74, 6) is 1.96. The lowest BCUT2D eigenvalue weighted by atomic mass is 10.2. The van der Waals surface area contributed by atoms with E-state index < -0.39 is 0 Å². The Kier molecular flexibility index (Phi) is 4.53. The van der Waals surface area contributed by atoms with E-state index in [4.69, 9.17) is 14.6 Å². The fourth-order valence-corrected chi connectivity index (χ4v) is 3.84. The molecule has 0 saturated carbocycles. The Morgan fingerprint density at radius 1 is 1.04 bits per heavy atom. The molecular formula is C18H20N6O2S. The van der Waals surface area contributed by atoms with Crippen LogP contribution in [0.1, 0.15) is 19.0 Å². The van der Waals surface area contributed by atoms with Crippen LogP contribution in [0.3, 0.4) is 0 Å². The molecule has 9 heteroatoms. The summed E-state index contributed by atoms with van der Waals surface area (Å²) >= 11 is 1.50. The average molecular weight is 384 g/mol. The number of ether oxygens (including phenoxy) is 2. The Morgan fingerprint density at radius 2 is 1.85 bits per heavy atom. The van der Waals surface area contributed by atoms with Crippen molar-refractivity contribution in [2.45, 2.75) is 26.8 Å². The van der Waals surface area contributed by atoms with E-state index in [0.717, 1.165) is 39.9 Å². The van der Waals surface area contributed by atoms with Gasteiger partial charge in [0.1, 0.15) is 0 Å². The van der Waals surface area contributed by atoms with Crippen LogP contribution in [0.25, 0.3) is 27.1 Å². The highest BCUT2D eigenvalue weighted by molar-refractivity contribution is 7.19. The molecule has 0 aliphatic rings. The third-order valence-electron chi connectivity index (χ3n) is 4.19. The molecule has 3 aromatic heterocycles. The van der Waals surface area contributed by atoms with E-state index in [-0.39, 0.29) is 0 Å².